The monoisotopic (exact) mass is 316 g/mol. The van der Waals surface area contributed by atoms with Crippen LogP contribution in [0.15, 0.2) is 30.5 Å². The normalized spacial score (nSPS) is 17.3. The molecule has 3 rings (SSSR count). The average Bonchev–Trinajstić information content (AvgIpc) is 3.04. The molecule has 1 aromatic carbocycles. The standard InChI is InChI=1S/C17H21FN4O/c1-11(19)17(23)22-7-5-12(6-8-22)16-15(10-20-21-16)13-3-2-4-14(18)9-13/h2-4,9-12H,5-8,19H2,1H3,(H,20,21). The summed E-state index contributed by atoms with van der Waals surface area (Å²) in [6.45, 7) is 3.09. The summed E-state index contributed by atoms with van der Waals surface area (Å²) in [5, 5.41) is 7.20. The van der Waals surface area contributed by atoms with E-state index >= 15 is 0 Å². The molecule has 1 unspecified atom stereocenters. The number of nitrogens with one attached hydrogen (secondary N) is 1. The predicted molar refractivity (Wildman–Crippen MR) is 86.2 cm³/mol. The number of hydrogen-bond acceptors (Lipinski definition) is 3. The number of hydrogen-bond donors (Lipinski definition) is 2. The van der Waals surface area contributed by atoms with Gasteiger partial charge < -0.3 is 10.6 Å². The Hall–Kier alpha value is -2.21. The zero-order valence-electron chi connectivity index (χ0n) is 13.1. The van der Waals surface area contributed by atoms with Gasteiger partial charge in [-0.15, -0.1) is 0 Å². The van der Waals surface area contributed by atoms with Crippen LogP contribution in [0, 0.1) is 5.82 Å². The number of nitrogens with zero attached hydrogens (tertiary/aromatic N) is 2. The second kappa shape index (κ2) is 6.50. The van der Waals surface area contributed by atoms with Gasteiger partial charge in [-0.05, 0) is 37.5 Å². The minimum absolute atomic E-state index is 0.00147. The average molecular weight is 316 g/mol. The number of carbonyl (C=O) groups is 1. The van der Waals surface area contributed by atoms with Gasteiger partial charge in [-0.1, -0.05) is 12.1 Å². The fraction of sp³-hybridized carbons (Fsp3) is 0.412. The number of aromatic nitrogens is 2. The second-order valence-corrected chi connectivity index (χ2v) is 6.10. The summed E-state index contributed by atoms with van der Waals surface area (Å²) >= 11 is 0. The van der Waals surface area contributed by atoms with Crippen molar-refractivity contribution in [1.29, 1.82) is 0 Å². The lowest BCUT2D eigenvalue weighted by atomic mass is 9.89. The molecule has 122 valence electrons. The molecule has 1 atom stereocenters. The van der Waals surface area contributed by atoms with Crippen molar-refractivity contribution >= 4 is 5.91 Å². The van der Waals surface area contributed by atoms with Gasteiger partial charge in [0.05, 0.1) is 12.2 Å². The largest absolute Gasteiger partial charge is 0.341 e. The highest BCUT2D eigenvalue weighted by Gasteiger charge is 2.27. The Kier molecular flexibility index (Phi) is 4.43. The Morgan fingerprint density at radius 3 is 2.83 bits per heavy atom. The van der Waals surface area contributed by atoms with Crippen molar-refractivity contribution in [2.24, 2.45) is 5.73 Å². The van der Waals surface area contributed by atoms with E-state index < -0.39 is 6.04 Å². The maximum Gasteiger partial charge on any atom is 0.239 e. The van der Waals surface area contributed by atoms with Gasteiger partial charge in [-0.2, -0.15) is 5.10 Å². The summed E-state index contributed by atoms with van der Waals surface area (Å²) in [6, 6.07) is 6.07. The second-order valence-electron chi connectivity index (χ2n) is 6.10. The third kappa shape index (κ3) is 3.27. The minimum atomic E-state index is -0.457. The number of likely N-dealkylation sites (tertiary alicyclic amines) is 1. The number of piperidine rings is 1. The van der Waals surface area contributed by atoms with Crippen molar-refractivity contribution in [3.63, 3.8) is 0 Å². The van der Waals surface area contributed by atoms with E-state index in [1.54, 1.807) is 19.2 Å². The van der Waals surface area contributed by atoms with E-state index in [0.29, 0.717) is 13.1 Å². The zero-order chi connectivity index (χ0) is 16.4. The molecule has 0 saturated carbocycles. The molecule has 5 nitrogen and oxygen atoms in total. The van der Waals surface area contributed by atoms with Gasteiger partial charge in [0.1, 0.15) is 5.82 Å². The quantitative estimate of drug-likeness (QED) is 0.912. The molecule has 6 heteroatoms. The molecule has 1 amide bonds. The fourth-order valence-electron chi connectivity index (χ4n) is 3.17. The lowest BCUT2D eigenvalue weighted by Gasteiger charge is -2.33. The molecule has 2 aromatic rings. The predicted octanol–water partition coefficient (Wildman–Crippen LogP) is 2.27. The van der Waals surface area contributed by atoms with E-state index in [1.807, 2.05) is 11.0 Å². The first kappa shape index (κ1) is 15.7. The van der Waals surface area contributed by atoms with Crippen LogP contribution in [0.4, 0.5) is 4.39 Å². The van der Waals surface area contributed by atoms with Crippen LogP contribution < -0.4 is 5.73 Å². The van der Waals surface area contributed by atoms with Crippen LogP contribution in [-0.4, -0.2) is 40.1 Å². The highest BCUT2D eigenvalue weighted by molar-refractivity contribution is 5.81. The maximum atomic E-state index is 13.5. The SMILES string of the molecule is CC(N)C(=O)N1CCC(c2[nH]ncc2-c2cccc(F)c2)CC1. The smallest absolute Gasteiger partial charge is 0.239 e. The number of H-pyrrole nitrogens is 1. The van der Waals surface area contributed by atoms with E-state index in [0.717, 1.165) is 29.7 Å². The van der Waals surface area contributed by atoms with E-state index in [2.05, 4.69) is 10.2 Å². The van der Waals surface area contributed by atoms with E-state index in [-0.39, 0.29) is 17.6 Å². The summed E-state index contributed by atoms with van der Waals surface area (Å²) in [5.74, 6) is 0.0262. The molecule has 3 N–H and O–H groups in total. The zero-order valence-corrected chi connectivity index (χ0v) is 13.1. The molecule has 0 aliphatic carbocycles. The van der Waals surface area contributed by atoms with E-state index in [9.17, 15) is 9.18 Å². The Balaban J connectivity index is 1.75. The molecular weight excluding hydrogens is 295 g/mol. The van der Waals surface area contributed by atoms with Crippen LogP contribution in [-0.2, 0) is 4.79 Å². The van der Waals surface area contributed by atoms with Crippen molar-refractivity contribution in [3.05, 3.63) is 42.0 Å². The van der Waals surface area contributed by atoms with Gasteiger partial charge in [0.15, 0.2) is 0 Å². The van der Waals surface area contributed by atoms with Gasteiger partial charge in [0, 0.05) is 30.3 Å². The number of halogens is 1. The van der Waals surface area contributed by atoms with Crippen molar-refractivity contribution in [3.8, 4) is 11.1 Å². The van der Waals surface area contributed by atoms with Crippen LogP contribution in [0.25, 0.3) is 11.1 Å². The lowest BCUT2D eigenvalue weighted by molar-refractivity contribution is -0.133. The van der Waals surface area contributed by atoms with Crippen molar-refractivity contribution in [1.82, 2.24) is 15.1 Å². The molecule has 0 bridgehead atoms. The lowest BCUT2D eigenvalue weighted by Crippen LogP contribution is -2.45. The van der Waals surface area contributed by atoms with Crippen LogP contribution in [0.1, 0.15) is 31.4 Å². The Bertz CT molecular complexity index is 689. The first-order valence-corrected chi connectivity index (χ1v) is 7.90. The molecule has 2 heterocycles. The summed E-state index contributed by atoms with van der Waals surface area (Å²) < 4.78 is 13.5. The van der Waals surface area contributed by atoms with Crippen LogP contribution in [0.5, 0.6) is 0 Å². The highest BCUT2D eigenvalue weighted by Crippen LogP contribution is 2.34. The number of carbonyl (C=O) groups excluding carboxylic acids is 1. The topological polar surface area (TPSA) is 75.0 Å². The van der Waals surface area contributed by atoms with E-state index in [1.165, 1.54) is 12.1 Å². The molecule has 1 saturated heterocycles. The molecule has 23 heavy (non-hydrogen) atoms. The van der Waals surface area contributed by atoms with Gasteiger partial charge in [0.2, 0.25) is 5.91 Å². The molecule has 0 spiro atoms. The van der Waals surface area contributed by atoms with Crippen LogP contribution in [0.3, 0.4) is 0 Å². The first-order valence-electron chi connectivity index (χ1n) is 7.90. The summed E-state index contributed by atoms with van der Waals surface area (Å²) in [5.41, 5.74) is 8.44. The summed E-state index contributed by atoms with van der Waals surface area (Å²) in [7, 11) is 0. The van der Waals surface area contributed by atoms with Crippen LogP contribution in [0.2, 0.25) is 0 Å². The molecule has 0 radical (unpaired) electrons. The summed E-state index contributed by atoms with van der Waals surface area (Å²) in [6.07, 6.45) is 3.44. The Morgan fingerprint density at radius 2 is 2.17 bits per heavy atom. The fourth-order valence-corrected chi connectivity index (χ4v) is 3.17. The number of nitrogens with two attached hydrogens (primary N) is 1. The van der Waals surface area contributed by atoms with E-state index in [4.69, 9.17) is 5.73 Å². The number of aromatic amines is 1. The third-order valence-corrected chi connectivity index (χ3v) is 4.41. The Labute approximate surface area is 134 Å². The number of rotatable bonds is 3. The molecular formula is C17H21FN4O. The van der Waals surface area contributed by atoms with Crippen molar-refractivity contribution < 1.29 is 9.18 Å². The molecule has 1 fully saturated rings. The third-order valence-electron chi connectivity index (χ3n) is 4.41. The maximum absolute atomic E-state index is 13.5. The Morgan fingerprint density at radius 1 is 1.43 bits per heavy atom. The van der Waals surface area contributed by atoms with Crippen LogP contribution >= 0.6 is 0 Å². The first-order chi connectivity index (χ1) is 11.1. The minimum Gasteiger partial charge on any atom is -0.341 e. The van der Waals surface area contributed by atoms with Crippen molar-refractivity contribution in [2.45, 2.75) is 31.7 Å². The van der Waals surface area contributed by atoms with Crippen molar-refractivity contribution in [2.75, 3.05) is 13.1 Å². The number of amides is 1. The highest BCUT2D eigenvalue weighted by atomic mass is 19.1. The molecule has 1 aliphatic heterocycles. The van der Waals surface area contributed by atoms with Gasteiger partial charge in [0.25, 0.3) is 0 Å². The molecule has 1 aromatic heterocycles. The van der Waals surface area contributed by atoms with Gasteiger partial charge in [-0.3, -0.25) is 9.89 Å². The van der Waals surface area contributed by atoms with Gasteiger partial charge >= 0.3 is 0 Å². The van der Waals surface area contributed by atoms with Gasteiger partial charge in [-0.25, -0.2) is 4.39 Å². The number of benzene rings is 1. The summed E-state index contributed by atoms with van der Waals surface area (Å²) in [4.78, 5) is 13.8. The molecule has 1 aliphatic rings.